The summed E-state index contributed by atoms with van der Waals surface area (Å²) in [6.07, 6.45) is -0.354. The Kier molecular flexibility index (Phi) is 5.32. The van der Waals surface area contributed by atoms with Crippen LogP contribution in [0, 0.1) is 0 Å². The van der Waals surface area contributed by atoms with Crippen LogP contribution in [0.4, 0.5) is 5.00 Å². The van der Waals surface area contributed by atoms with E-state index in [-0.39, 0.29) is 6.29 Å². The smallest absolute Gasteiger partial charge is 0.202 e. The van der Waals surface area contributed by atoms with Crippen LogP contribution in [-0.4, -0.2) is 10.3 Å². The van der Waals surface area contributed by atoms with Crippen LogP contribution >= 0.6 is 11.3 Å². The molecule has 0 aliphatic carbocycles. The highest BCUT2D eigenvalue weighted by molar-refractivity contribution is 7.23. The lowest BCUT2D eigenvalue weighted by atomic mass is 9.91. The van der Waals surface area contributed by atoms with Gasteiger partial charge in [-0.15, -0.1) is 11.3 Å². The number of hydrogen-bond acceptors (Lipinski definition) is 3. The molecule has 1 N–H and O–H groups in total. The minimum Gasteiger partial charge on any atom is -0.338 e. The van der Waals surface area contributed by atoms with Gasteiger partial charge in [-0.25, -0.2) is 4.99 Å². The summed E-state index contributed by atoms with van der Waals surface area (Å²) in [6.45, 7) is 0. The summed E-state index contributed by atoms with van der Waals surface area (Å²) in [7, 11) is 0. The first kappa shape index (κ1) is 26.1. The van der Waals surface area contributed by atoms with E-state index in [1.807, 2.05) is 11.3 Å². The third-order valence-corrected chi connectivity index (χ3v) is 11.3. The largest absolute Gasteiger partial charge is 0.338 e. The Balaban J connectivity index is 1.27. The Bertz CT molecular complexity index is 2910. The average molecular weight is 630 g/mol. The van der Waals surface area contributed by atoms with Crippen LogP contribution in [0.25, 0.3) is 75.0 Å². The summed E-state index contributed by atoms with van der Waals surface area (Å²) in [6, 6.07) is 55.3. The van der Waals surface area contributed by atoms with Gasteiger partial charge in [-0.05, 0) is 79.5 Å². The lowest BCUT2D eigenvalue weighted by molar-refractivity contribution is 0.627. The van der Waals surface area contributed by atoms with Crippen LogP contribution in [0.15, 0.2) is 157 Å². The van der Waals surface area contributed by atoms with E-state index in [4.69, 9.17) is 4.99 Å². The fourth-order valence-electron chi connectivity index (χ4n) is 7.98. The molecule has 2 aromatic heterocycles. The number of aromatic nitrogens is 1. The number of rotatable bonds is 2. The van der Waals surface area contributed by atoms with Crippen LogP contribution in [0.3, 0.4) is 0 Å². The Morgan fingerprint density at radius 1 is 0.479 bits per heavy atom. The zero-order valence-corrected chi connectivity index (χ0v) is 26.6. The maximum atomic E-state index is 5.75. The molecule has 0 radical (unpaired) electrons. The lowest BCUT2D eigenvalue weighted by Gasteiger charge is -2.27. The van der Waals surface area contributed by atoms with E-state index in [9.17, 15) is 0 Å². The van der Waals surface area contributed by atoms with Gasteiger partial charge in [-0.3, -0.25) is 0 Å². The number of anilines is 1. The van der Waals surface area contributed by atoms with Crippen LogP contribution < -0.4 is 5.32 Å². The van der Waals surface area contributed by atoms with Crippen molar-refractivity contribution < 1.29 is 0 Å². The highest BCUT2D eigenvalue weighted by atomic mass is 32.1. The van der Waals surface area contributed by atoms with Crippen LogP contribution in [-0.2, 0) is 0 Å². The molecule has 48 heavy (non-hydrogen) atoms. The van der Waals surface area contributed by atoms with Crippen molar-refractivity contribution in [2.24, 2.45) is 4.99 Å². The second kappa shape index (κ2) is 9.77. The fourth-order valence-corrected chi connectivity index (χ4v) is 9.09. The summed E-state index contributed by atoms with van der Waals surface area (Å²) in [4.78, 5) is 5.75. The van der Waals surface area contributed by atoms with Crippen molar-refractivity contribution >= 4 is 97.0 Å². The van der Waals surface area contributed by atoms with Gasteiger partial charge in [0.2, 0.25) is 6.29 Å². The quantitative estimate of drug-likeness (QED) is 0.189. The highest BCUT2D eigenvalue weighted by Crippen LogP contribution is 2.45. The summed E-state index contributed by atoms with van der Waals surface area (Å²) < 4.78 is 3.69. The molecule has 0 saturated carbocycles. The predicted octanol–water partition coefficient (Wildman–Crippen LogP) is 12.0. The molecule has 10 aromatic rings. The van der Waals surface area contributed by atoms with E-state index >= 15 is 0 Å². The molecule has 0 spiro atoms. The average Bonchev–Trinajstić information content (AvgIpc) is 3.67. The van der Waals surface area contributed by atoms with Crippen molar-refractivity contribution in [2.75, 3.05) is 5.32 Å². The molecule has 1 atom stereocenters. The van der Waals surface area contributed by atoms with Gasteiger partial charge in [0.25, 0.3) is 0 Å². The Labute approximate surface area is 280 Å². The number of nitrogens with zero attached hydrogens (tertiary/aromatic N) is 2. The number of fused-ring (bicyclic) bond motifs is 11. The van der Waals surface area contributed by atoms with E-state index in [2.05, 4.69) is 162 Å². The minimum atomic E-state index is -0.354. The zero-order valence-electron chi connectivity index (χ0n) is 25.8. The van der Waals surface area contributed by atoms with Gasteiger partial charge in [-0.2, -0.15) is 0 Å². The molecular formula is C44H27N3S. The van der Waals surface area contributed by atoms with E-state index < -0.39 is 0 Å². The SMILES string of the molecule is c1ccc2cc3c(cc2c1)c1cc2ccccc2cc1n3C1N=C(c2cc3ccccc3c3ccccc23)c2c(sc3ccccc23)N1. The van der Waals surface area contributed by atoms with Crippen molar-refractivity contribution in [1.29, 1.82) is 0 Å². The number of aliphatic imine (C=N–C) groups is 1. The molecule has 4 heteroatoms. The molecule has 1 aliphatic rings. The maximum absolute atomic E-state index is 5.75. The molecule has 3 nitrogen and oxygen atoms in total. The maximum Gasteiger partial charge on any atom is 0.202 e. The molecule has 11 rings (SSSR count). The predicted molar refractivity (Wildman–Crippen MR) is 206 cm³/mol. The van der Waals surface area contributed by atoms with Crippen molar-refractivity contribution in [1.82, 2.24) is 4.57 Å². The number of thiophene rings is 1. The third kappa shape index (κ3) is 3.66. The molecule has 0 bridgehead atoms. The van der Waals surface area contributed by atoms with Gasteiger partial charge >= 0.3 is 0 Å². The van der Waals surface area contributed by atoms with Gasteiger partial charge in [-0.1, -0.05) is 115 Å². The molecule has 0 fully saturated rings. The summed E-state index contributed by atoms with van der Waals surface area (Å²) in [5.41, 5.74) is 5.73. The number of hydrogen-bond donors (Lipinski definition) is 1. The van der Waals surface area contributed by atoms with Crippen molar-refractivity contribution in [3.05, 3.63) is 163 Å². The van der Waals surface area contributed by atoms with E-state index in [1.165, 1.54) is 80.5 Å². The highest BCUT2D eigenvalue weighted by Gasteiger charge is 2.30. The molecule has 0 amide bonds. The third-order valence-electron chi connectivity index (χ3n) is 10.1. The van der Waals surface area contributed by atoms with Crippen LogP contribution in [0.1, 0.15) is 17.4 Å². The Hall–Kier alpha value is -5.97. The first-order valence-electron chi connectivity index (χ1n) is 16.4. The minimum absolute atomic E-state index is 0.354. The standard InChI is InChI=1S/C44H27N3S/c1-3-13-28-24-38-35(21-26(28)11-1)36-22-27-12-2-4-14-29(27)25-39(36)47(38)44-45-42(41-34-19-9-10-20-40(34)48-43(41)46-44)37-23-30-15-5-6-16-31(30)32-17-7-8-18-33(32)37/h1-25,44,46H. The molecule has 8 aromatic carbocycles. The van der Waals surface area contributed by atoms with Gasteiger partial charge in [0.15, 0.2) is 0 Å². The molecule has 224 valence electrons. The first-order valence-corrected chi connectivity index (χ1v) is 17.2. The fraction of sp³-hybridized carbons (Fsp3) is 0.0227. The summed E-state index contributed by atoms with van der Waals surface area (Å²) in [5, 5.41) is 18.7. The monoisotopic (exact) mass is 629 g/mol. The van der Waals surface area contributed by atoms with Crippen LogP contribution in [0.5, 0.6) is 0 Å². The molecule has 3 heterocycles. The second-order valence-corrected chi connectivity index (χ2v) is 13.8. The van der Waals surface area contributed by atoms with E-state index in [1.54, 1.807) is 0 Å². The lowest BCUT2D eigenvalue weighted by Crippen LogP contribution is -2.24. The van der Waals surface area contributed by atoms with Crippen molar-refractivity contribution in [2.45, 2.75) is 6.29 Å². The number of nitrogens with one attached hydrogen (secondary N) is 1. The number of benzene rings is 8. The first-order chi connectivity index (χ1) is 23.8. The second-order valence-electron chi connectivity index (χ2n) is 12.8. The van der Waals surface area contributed by atoms with Gasteiger partial charge in [0.1, 0.15) is 5.00 Å². The Morgan fingerprint density at radius 2 is 1.00 bits per heavy atom. The summed E-state index contributed by atoms with van der Waals surface area (Å²) in [5.74, 6) is 0. The zero-order chi connectivity index (χ0) is 31.3. The normalized spacial score (nSPS) is 14.8. The van der Waals surface area contributed by atoms with Gasteiger partial charge in [0, 0.05) is 32.0 Å². The summed E-state index contributed by atoms with van der Waals surface area (Å²) >= 11 is 1.82. The van der Waals surface area contributed by atoms with Gasteiger partial charge < -0.3 is 9.88 Å². The topological polar surface area (TPSA) is 29.3 Å². The van der Waals surface area contributed by atoms with E-state index in [0.717, 1.165) is 16.3 Å². The molecule has 1 unspecified atom stereocenters. The molecule has 1 aliphatic heterocycles. The van der Waals surface area contributed by atoms with E-state index in [0.29, 0.717) is 0 Å². The van der Waals surface area contributed by atoms with Crippen molar-refractivity contribution in [3.63, 3.8) is 0 Å². The van der Waals surface area contributed by atoms with Crippen LogP contribution in [0.2, 0.25) is 0 Å². The van der Waals surface area contributed by atoms with Crippen molar-refractivity contribution in [3.8, 4) is 0 Å². The Morgan fingerprint density at radius 3 is 1.67 bits per heavy atom. The van der Waals surface area contributed by atoms with Gasteiger partial charge in [0.05, 0.1) is 16.7 Å². The molecular weight excluding hydrogens is 603 g/mol. The molecule has 0 saturated heterocycles.